The zero-order valence-corrected chi connectivity index (χ0v) is 16.7. The number of ether oxygens (including phenoxy) is 1. The number of nitrogens with one attached hydrogen (secondary N) is 1. The summed E-state index contributed by atoms with van der Waals surface area (Å²) in [6, 6.07) is 20.0. The molecule has 1 N–H and O–H groups in total. The van der Waals surface area contributed by atoms with Crippen LogP contribution in [0.2, 0.25) is 10.0 Å². The lowest BCUT2D eigenvalue weighted by Crippen LogP contribution is -2.18. The molecule has 0 atom stereocenters. The number of hydrogen-bond acceptors (Lipinski definition) is 3. The highest BCUT2D eigenvalue weighted by atomic mass is 35.5. The molecule has 1 amide bonds. The molecule has 28 heavy (non-hydrogen) atoms. The Balaban J connectivity index is 1.60. The van der Waals surface area contributed by atoms with Crippen LogP contribution >= 0.6 is 23.2 Å². The van der Waals surface area contributed by atoms with Gasteiger partial charge in [-0.3, -0.25) is 4.79 Å². The summed E-state index contributed by atoms with van der Waals surface area (Å²) in [5, 5.41) is 5.17. The van der Waals surface area contributed by atoms with Gasteiger partial charge in [0.1, 0.15) is 12.4 Å². The Morgan fingerprint density at radius 1 is 1.07 bits per heavy atom. The number of aryl methyl sites for hydroxylation is 1. The van der Waals surface area contributed by atoms with E-state index in [1.807, 2.05) is 55.5 Å². The molecule has 0 saturated heterocycles. The van der Waals surface area contributed by atoms with Gasteiger partial charge >= 0.3 is 0 Å². The quantitative estimate of drug-likeness (QED) is 0.420. The Kier molecular flexibility index (Phi) is 6.69. The lowest BCUT2D eigenvalue weighted by atomic mass is 10.1. The number of carbonyl (C=O) groups is 1. The molecule has 0 bridgehead atoms. The monoisotopic (exact) mass is 412 g/mol. The molecule has 0 aliphatic heterocycles. The summed E-state index contributed by atoms with van der Waals surface area (Å²) >= 11 is 12.1. The van der Waals surface area contributed by atoms with Crippen molar-refractivity contribution in [2.45, 2.75) is 13.5 Å². The maximum atomic E-state index is 12.2. The number of amides is 1. The molecular formula is C22H18Cl2N2O2. The molecule has 0 aliphatic rings. The summed E-state index contributed by atoms with van der Waals surface area (Å²) in [5.74, 6) is 0.416. The van der Waals surface area contributed by atoms with E-state index in [1.54, 1.807) is 24.4 Å². The lowest BCUT2D eigenvalue weighted by molar-refractivity contribution is 0.0954. The second kappa shape index (κ2) is 9.40. The summed E-state index contributed by atoms with van der Waals surface area (Å²) in [5.41, 5.74) is 5.67. The highest BCUT2D eigenvalue weighted by molar-refractivity contribution is 6.35. The number of benzene rings is 3. The van der Waals surface area contributed by atoms with Crippen LogP contribution in [0, 0.1) is 6.92 Å². The van der Waals surface area contributed by atoms with Crippen molar-refractivity contribution in [3.8, 4) is 5.75 Å². The highest BCUT2D eigenvalue weighted by Crippen LogP contribution is 2.23. The van der Waals surface area contributed by atoms with Crippen molar-refractivity contribution in [3.05, 3.63) is 99.0 Å². The van der Waals surface area contributed by atoms with Crippen LogP contribution in [0.4, 0.5) is 0 Å². The molecule has 4 nitrogen and oxygen atoms in total. The topological polar surface area (TPSA) is 50.7 Å². The van der Waals surface area contributed by atoms with E-state index in [2.05, 4.69) is 10.5 Å². The van der Waals surface area contributed by atoms with Crippen LogP contribution in [0.3, 0.4) is 0 Å². The van der Waals surface area contributed by atoms with E-state index in [-0.39, 0.29) is 5.91 Å². The van der Waals surface area contributed by atoms with Gasteiger partial charge in [-0.25, -0.2) is 5.43 Å². The van der Waals surface area contributed by atoms with E-state index in [4.69, 9.17) is 27.9 Å². The summed E-state index contributed by atoms with van der Waals surface area (Å²) in [6.45, 7) is 2.20. The van der Waals surface area contributed by atoms with Crippen LogP contribution in [0.5, 0.6) is 5.75 Å². The van der Waals surface area contributed by atoms with E-state index in [1.165, 1.54) is 0 Å². The van der Waals surface area contributed by atoms with Crippen molar-refractivity contribution in [1.29, 1.82) is 0 Å². The number of halogens is 2. The third-order valence-corrected chi connectivity index (χ3v) is 4.62. The minimum absolute atomic E-state index is 0.251. The normalized spacial score (nSPS) is 10.8. The van der Waals surface area contributed by atoms with E-state index >= 15 is 0 Å². The summed E-state index contributed by atoms with van der Waals surface area (Å²) in [4.78, 5) is 12.2. The van der Waals surface area contributed by atoms with Crippen molar-refractivity contribution < 1.29 is 9.53 Å². The van der Waals surface area contributed by atoms with Gasteiger partial charge in [0, 0.05) is 21.2 Å². The first-order chi connectivity index (χ1) is 13.5. The van der Waals surface area contributed by atoms with Gasteiger partial charge in [0.2, 0.25) is 0 Å². The summed E-state index contributed by atoms with van der Waals surface area (Å²) < 4.78 is 5.79. The number of rotatable bonds is 6. The molecule has 6 heteroatoms. The Bertz CT molecular complexity index is 1020. The summed E-state index contributed by atoms with van der Waals surface area (Å²) in [6.07, 6.45) is 1.57. The molecule has 0 aliphatic carbocycles. The molecule has 0 aromatic heterocycles. The maximum Gasteiger partial charge on any atom is 0.271 e. The Hall–Kier alpha value is -2.82. The predicted octanol–water partition coefficient (Wildman–Crippen LogP) is 5.64. The van der Waals surface area contributed by atoms with E-state index in [9.17, 15) is 4.79 Å². The molecule has 0 spiro atoms. The fourth-order valence-electron chi connectivity index (χ4n) is 2.54. The van der Waals surface area contributed by atoms with E-state index < -0.39 is 0 Å². The van der Waals surface area contributed by atoms with Gasteiger partial charge in [0.15, 0.2) is 0 Å². The van der Waals surface area contributed by atoms with Crippen LogP contribution in [0.15, 0.2) is 71.8 Å². The largest absolute Gasteiger partial charge is 0.489 e. The maximum absolute atomic E-state index is 12.2. The van der Waals surface area contributed by atoms with Gasteiger partial charge in [-0.05, 0) is 48.4 Å². The fraction of sp³-hybridized carbons (Fsp3) is 0.0909. The van der Waals surface area contributed by atoms with Crippen LogP contribution in [-0.2, 0) is 6.61 Å². The number of carbonyl (C=O) groups excluding carboxylic acids is 1. The number of hydrogen-bond donors (Lipinski definition) is 1. The van der Waals surface area contributed by atoms with Crippen molar-refractivity contribution >= 4 is 35.3 Å². The van der Waals surface area contributed by atoms with Crippen molar-refractivity contribution in [3.63, 3.8) is 0 Å². The molecule has 3 aromatic carbocycles. The smallest absolute Gasteiger partial charge is 0.271 e. The van der Waals surface area contributed by atoms with Crippen LogP contribution in [-0.4, -0.2) is 12.1 Å². The molecule has 0 radical (unpaired) electrons. The number of hydrazone groups is 1. The van der Waals surface area contributed by atoms with Gasteiger partial charge in [-0.2, -0.15) is 5.10 Å². The molecule has 3 rings (SSSR count). The average Bonchev–Trinajstić information content (AvgIpc) is 2.68. The van der Waals surface area contributed by atoms with Crippen LogP contribution in [0.25, 0.3) is 0 Å². The zero-order valence-electron chi connectivity index (χ0n) is 15.2. The first-order valence-electron chi connectivity index (χ1n) is 8.59. The molecule has 0 unspecified atom stereocenters. The molecule has 0 saturated carbocycles. The van der Waals surface area contributed by atoms with Gasteiger partial charge in [-0.1, -0.05) is 59.6 Å². The van der Waals surface area contributed by atoms with Crippen molar-refractivity contribution in [2.24, 2.45) is 5.10 Å². The SMILES string of the molecule is Cc1ccccc1C(=O)N/N=C/c1cccc(OCc2ccc(Cl)cc2Cl)c1. The van der Waals surface area contributed by atoms with Gasteiger partial charge in [-0.15, -0.1) is 0 Å². The van der Waals surface area contributed by atoms with E-state index in [0.29, 0.717) is 28.0 Å². The Labute approximate surface area is 173 Å². The molecule has 3 aromatic rings. The molecule has 142 valence electrons. The Morgan fingerprint density at radius 2 is 1.89 bits per heavy atom. The fourth-order valence-corrected chi connectivity index (χ4v) is 3.00. The van der Waals surface area contributed by atoms with Crippen LogP contribution < -0.4 is 10.2 Å². The predicted molar refractivity (Wildman–Crippen MR) is 113 cm³/mol. The van der Waals surface area contributed by atoms with Crippen molar-refractivity contribution in [1.82, 2.24) is 5.43 Å². The van der Waals surface area contributed by atoms with Gasteiger partial charge in [0.25, 0.3) is 5.91 Å². The van der Waals surface area contributed by atoms with E-state index in [0.717, 1.165) is 16.7 Å². The third kappa shape index (κ3) is 5.35. The minimum Gasteiger partial charge on any atom is -0.489 e. The van der Waals surface area contributed by atoms with Crippen LogP contribution in [0.1, 0.15) is 27.0 Å². The first kappa shape index (κ1) is 19.9. The standard InChI is InChI=1S/C22H18Cl2N2O2/c1-15-5-2-3-8-20(15)22(27)26-25-13-16-6-4-7-19(11-16)28-14-17-9-10-18(23)12-21(17)24/h2-13H,14H2,1H3,(H,26,27)/b25-13+. The highest BCUT2D eigenvalue weighted by Gasteiger charge is 2.06. The molecule has 0 fully saturated rings. The van der Waals surface area contributed by atoms with Crippen molar-refractivity contribution in [2.75, 3.05) is 0 Å². The molecule has 0 heterocycles. The third-order valence-electron chi connectivity index (χ3n) is 4.04. The molecular weight excluding hydrogens is 395 g/mol. The Morgan fingerprint density at radius 3 is 2.68 bits per heavy atom. The van der Waals surface area contributed by atoms with Gasteiger partial charge in [0.05, 0.1) is 6.21 Å². The minimum atomic E-state index is -0.251. The first-order valence-corrected chi connectivity index (χ1v) is 9.34. The summed E-state index contributed by atoms with van der Waals surface area (Å²) in [7, 11) is 0. The lowest BCUT2D eigenvalue weighted by Gasteiger charge is -2.08. The average molecular weight is 413 g/mol. The van der Waals surface area contributed by atoms with Gasteiger partial charge < -0.3 is 4.74 Å². The second-order valence-corrected chi connectivity index (χ2v) is 6.95. The number of nitrogens with zero attached hydrogens (tertiary/aromatic N) is 1. The zero-order chi connectivity index (χ0) is 19.9. The second-order valence-electron chi connectivity index (χ2n) is 6.11.